The smallest absolute Gasteiger partial charge is 0.167 e. The number of imidazole rings is 1. The molecule has 3 nitrogen and oxygen atoms in total. The van der Waals surface area contributed by atoms with Crippen LogP contribution in [-0.4, -0.2) is 27.9 Å². The van der Waals surface area contributed by atoms with Gasteiger partial charge in [-0.1, -0.05) is 24.6 Å². The van der Waals surface area contributed by atoms with Crippen molar-refractivity contribution in [1.82, 2.24) is 14.9 Å². The van der Waals surface area contributed by atoms with E-state index in [0.717, 1.165) is 5.16 Å². The van der Waals surface area contributed by atoms with Gasteiger partial charge in [0.05, 0.1) is 0 Å². The number of hydrogen-bond donors (Lipinski definition) is 1. The second-order valence-electron chi connectivity index (χ2n) is 4.16. The summed E-state index contributed by atoms with van der Waals surface area (Å²) in [6.45, 7) is 0. The molecular formula is C11H19N3S. The summed E-state index contributed by atoms with van der Waals surface area (Å²) in [6.07, 6.45) is 9.23. The number of nitrogens with one attached hydrogen (secondary N) is 1. The van der Waals surface area contributed by atoms with Gasteiger partial charge < -0.3 is 9.88 Å². The van der Waals surface area contributed by atoms with E-state index in [1.807, 2.05) is 24.2 Å². The Hall–Kier alpha value is -0.480. The van der Waals surface area contributed by atoms with Gasteiger partial charge in [0.25, 0.3) is 0 Å². The molecule has 1 aliphatic rings. The third-order valence-electron chi connectivity index (χ3n) is 3.11. The first-order valence-electron chi connectivity index (χ1n) is 5.62. The lowest BCUT2D eigenvalue weighted by Crippen LogP contribution is -2.38. The van der Waals surface area contributed by atoms with Crippen LogP contribution in [0.1, 0.15) is 25.7 Å². The summed E-state index contributed by atoms with van der Waals surface area (Å²) < 4.78 is 2.10. The molecule has 4 heteroatoms. The number of thioether (sulfide) groups is 1. The molecule has 2 atom stereocenters. The van der Waals surface area contributed by atoms with E-state index in [2.05, 4.69) is 29.0 Å². The fraction of sp³-hybridized carbons (Fsp3) is 0.727. The monoisotopic (exact) mass is 225 g/mol. The predicted molar refractivity (Wildman–Crippen MR) is 64.2 cm³/mol. The van der Waals surface area contributed by atoms with Crippen molar-refractivity contribution in [3.63, 3.8) is 0 Å². The van der Waals surface area contributed by atoms with Crippen molar-refractivity contribution in [3.05, 3.63) is 12.4 Å². The van der Waals surface area contributed by atoms with Crippen molar-refractivity contribution < 1.29 is 0 Å². The lowest BCUT2D eigenvalue weighted by molar-refractivity contribution is 0.405. The zero-order valence-corrected chi connectivity index (χ0v) is 10.3. The first kappa shape index (κ1) is 11.0. The van der Waals surface area contributed by atoms with Crippen molar-refractivity contribution in [1.29, 1.82) is 0 Å². The molecule has 0 amide bonds. The fourth-order valence-corrected chi connectivity index (χ4v) is 3.51. The van der Waals surface area contributed by atoms with Gasteiger partial charge in [-0.05, 0) is 19.9 Å². The molecule has 0 saturated heterocycles. The summed E-state index contributed by atoms with van der Waals surface area (Å²) in [7, 11) is 4.13. The van der Waals surface area contributed by atoms with Crippen LogP contribution in [0.2, 0.25) is 0 Å². The summed E-state index contributed by atoms with van der Waals surface area (Å²) >= 11 is 1.92. The Labute approximate surface area is 95.7 Å². The minimum Gasteiger partial charge on any atom is -0.329 e. The summed E-state index contributed by atoms with van der Waals surface area (Å²) in [5, 5.41) is 5.25. The van der Waals surface area contributed by atoms with Crippen LogP contribution < -0.4 is 5.32 Å². The molecule has 2 rings (SSSR count). The molecule has 1 aromatic rings. The molecule has 0 aliphatic heterocycles. The highest BCUT2D eigenvalue weighted by Gasteiger charge is 2.25. The van der Waals surface area contributed by atoms with Gasteiger partial charge in [-0.15, -0.1) is 0 Å². The molecule has 1 aromatic heterocycles. The minimum absolute atomic E-state index is 0.653. The van der Waals surface area contributed by atoms with Crippen LogP contribution in [-0.2, 0) is 7.05 Å². The lowest BCUT2D eigenvalue weighted by Gasteiger charge is -2.30. The van der Waals surface area contributed by atoms with E-state index in [4.69, 9.17) is 0 Å². The highest BCUT2D eigenvalue weighted by atomic mass is 32.2. The first-order chi connectivity index (χ1) is 7.31. The van der Waals surface area contributed by atoms with Crippen molar-refractivity contribution in [2.24, 2.45) is 7.05 Å². The largest absolute Gasteiger partial charge is 0.329 e. The molecule has 1 aliphatic carbocycles. The number of aromatic nitrogens is 2. The SMILES string of the molecule is CNC1CCCCC1Sc1nccn1C. The summed E-state index contributed by atoms with van der Waals surface area (Å²) in [4.78, 5) is 4.38. The predicted octanol–water partition coefficient (Wildman–Crippen LogP) is 2.04. The molecule has 15 heavy (non-hydrogen) atoms. The summed E-state index contributed by atoms with van der Waals surface area (Å²) in [5.74, 6) is 0. The van der Waals surface area contributed by atoms with Gasteiger partial charge in [-0.3, -0.25) is 0 Å². The van der Waals surface area contributed by atoms with Crippen LogP contribution in [0.15, 0.2) is 17.6 Å². The first-order valence-corrected chi connectivity index (χ1v) is 6.50. The average Bonchev–Trinajstić information content (AvgIpc) is 2.65. The van der Waals surface area contributed by atoms with Gasteiger partial charge in [0.15, 0.2) is 5.16 Å². The zero-order chi connectivity index (χ0) is 10.7. The van der Waals surface area contributed by atoms with Crippen molar-refractivity contribution in [2.75, 3.05) is 7.05 Å². The molecule has 1 heterocycles. The second kappa shape index (κ2) is 5.03. The maximum Gasteiger partial charge on any atom is 0.167 e. The van der Waals surface area contributed by atoms with E-state index in [1.165, 1.54) is 25.7 Å². The number of nitrogens with zero attached hydrogens (tertiary/aromatic N) is 2. The molecule has 2 unspecified atom stereocenters. The Balaban J connectivity index is 2.00. The van der Waals surface area contributed by atoms with E-state index >= 15 is 0 Å². The number of aryl methyl sites for hydroxylation is 1. The quantitative estimate of drug-likeness (QED) is 0.854. The topological polar surface area (TPSA) is 29.9 Å². The van der Waals surface area contributed by atoms with Gasteiger partial charge in [0.1, 0.15) is 0 Å². The molecule has 0 aromatic carbocycles. The summed E-state index contributed by atoms with van der Waals surface area (Å²) in [6, 6.07) is 0.653. The molecule has 0 bridgehead atoms. The maximum atomic E-state index is 4.38. The van der Waals surface area contributed by atoms with E-state index in [-0.39, 0.29) is 0 Å². The molecule has 1 N–H and O–H groups in total. The zero-order valence-electron chi connectivity index (χ0n) is 9.44. The Bertz CT molecular complexity index is 311. The van der Waals surface area contributed by atoms with Crippen LogP contribution in [0, 0.1) is 0 Å². The van der Waals surface area contributed by atoms with Crippen LogP contribution in [0.4, 0.5) is 0 Å². The Morgan fingerprint density at radius 2 is 2.27 bits per heavy atom. The van der Waals surface area contributed by atoms with E-state index < -0.39 is 0 Å². The van der Waals surface area contributed by atoms with Crippen LogP contribution in [0.25, 0.3) is 0 Å². The second-order valence-corrected chi connectivity index (χ2v) is 5.36. The van der Waals surface area contributed by atoms with Gasteiger partial charge in [-0.2, -0.15) is 0 Å². The Morgan fingerprint density at radius 1 is 1.47 bits per heavy atom. The van der Waals surface area contributed by atoms with Crippen LogP contribution in [0.5, 0.6) is 0 Å². The van der Waals surface area contributed by atoms with Crippen molar-refractivity contribution in [2.45, 2.75) is 42.1 Å². The lowest BCUT2D eigenvalue weighted by atomic mass is 9.95. The molecule has 1 saturated carbocycles. The van der Waals surface area contributed by atoms with Gasteiger partial charge in [0.2, 0.25) is 0 Å². The highest BCUT2D eigenvalue weighted by molar-refractivity contribution is 7.99. The number of hydrogen-bond acceptors (Lipinski definition) is 3. The standard InChI is InChI=1S/C11H19N3S/c1-12-9-5-3-4-6-10(9)15-11-13-7-8-14(11)2/h7-10,12H,3-6H2,1-2H3. The van der Waals surface area contributed by atoms with Gasteiger partial charge >= 0.3 is 0 Å². The normalized spacial score (nSPS) is 26.8. The van der Waals surface area contributed by atoms with E-state index in [9.17, 15) is 0 Å². The molecule has 0 spiro atoms. The van der Waals surface area contributed by atoms with E-state index in [1.54, 1.807) is 0 Å². The Morgan fingerprint density at radius 3 is 2.93 bits per heavy atom. The van der Waals surface area contributed by atoms with Crippen molar-refractivity contribution in [3.8, 4) is 0 Å². The molecule has 1 fully saturated rings. The highest BCUT2D eigenvalue weighted by Crippen LogP contribution is 2.32. The molecule has 0 radical (unpaired) electrons. The molecule has 84 valence electrons. The van der Waals surface area contributed by atoms with Crippen LogP contribution >= 0.6 is 11.8 Å². The van der Waals surface area contributed by atoms with E-state index in [0.29, 0.717) is 11.3 Å². The van der Waals surface area contributed by atoms with Gasteiger partial charge in [0, 0.05) is 30.7 Å². The maximum absolute atomic E-state index is 4.38. The third kappa shape index (κ3) is 2.55. The third-order valence-corrected chi connectivity index (χ3v) is 4.58. The number of rotatable bonds is 3. The average molecular weight is 225 g/mol. The molecular weight excluding hydrogens is 206 g/mol. The van der Waals surface area contributed by atoms with Crippen LogP contribution in [0.3, 0.4) is 0 Å². The van der Waals surface area contributed by atoms with Gasteiger partial charge in [-0.25, -0.2) is 4.98 Å². The van der Waals surface area contributed by atoms with Crippen molar-refractivity contribution >= 4 is 11.8 Å². The Kier molecular flexibility index (Phi) is 3.70. The summed E-state index contributed by atoms with van der Waals surface area (Å²) in [5.41, 5.74) is 0. The minimum atomic E-state index is 0.653. The fourth-order valence-electron chi connectivity index (χ4n) is 2.17.